The number of hydrogen-bond donors (Lipinski definition) is 1. The minimum atomic E-state index is -0.216. The van der Waals surface area contributed by atoms with Gasteiger partial charge in [-0.05, 0) is 30.3 Å². The monoisotopic (exact) mass is 334 g/mol. The van der Waals surface area contributed by atoms with E-state index in [9.17, 15) is 4.79 Å². The molecule has 0 aliphatic heterocycles. The number of aromatic nitrogens is 1. The van der Waals surface area contributed by atoms with Gasteiger partial charge in [0, 0.05) is 18.9 Å². The molecule has 1 amide bonds. The average Bonchev–Trinajstić information content (AvgIpc) is 2.51. The Morgan fingerprint density at radius 2 is 2.09 bits per heavy atom. The molecular formula is C15H12Cl2N4O. The van der Waals surface area contributed by atoms with Gasteiger partial charge in [0.25, 0.3) is 0 Å². The first-order valence-corrected chi connectivity index (χ1v) is 7.07. The van der Waals surface area contributed by atoms with Gasteiger partial charge in [-0.2, -0.15) is 5.26 Å². The summed E-state index contributed by atoms with van der Waals surface area (Å²) in [4.78, 5) is 17.8. The minimum Gasteiger partial charge on any atom is -0.350 e. The molecule has 0 saturated heterocycles. The second-order valence-corrected chi connectivity index (χ2v) is 5.36. The van der Waals surface area contributed by atoms with Crippen molar-refractivity contribution in [2.24, 2.45) is 0 Å². The zero-order valence-electron chi connectivity index (χ0n) is 11.7. The van der Waals surface area contributed by atoms with E-state index in [0.717, 1.165) is 0 Å². The number of benzene rings is 1. The van der Waals surface area contributed by atoms with E-state index in [4.69, 9.17) is 28.5 Å². The van der Waals surface area contributed by atoms with Gasteiger partial charge in [-0.25, -0.2) is 4.98 Å². The molecule has 1 N–H and O–H groups in total. The van der Waals surface area contributed by atoms with Crippen molar-refractivity contribution < 1.29 is 4.79 Å². The number of halogens is 2. The Morgan fingerprint density at radius 1 is 1.32 bits per heavy atom. The van der Waals surface area contributed by atoms with Gasteiger partial charge in [0.2, 0.25) is 5.91 Å². The van der Waals surface area contributed by atoms with Crippen LogP contribution >= 0.6 is 23.2 Å². The van der Waals surface area contributed by atoms with Crippen molar-refractivity contribution in [3.8, 4) is 6.07 Å². The highest BCUT2D eigenvalue weighted by atomic mass is 35.5. The van der Waals surface area contributed by atoms with Gasteiger partial charge >= 0.3 is 0 Å². The molecule has 1 aromatic carbocycles. The summed E-state index contributed by atoms with van der Waals surface area (Å²) in [6.45, 7) is 0.110. The maximum Gasteiger partial charge on any atom is 0.243 e. The summed E-state index contributed by atoms with van der Waals surface area (Å²) in [5, 5.41) is 12.3. The topological polar surface area (TPSA) is 69.0 Å². The van der Waals surface area contributed by atoms with Crippen LogP contribution in [0.5, 0.6) is 0 Å². The molecule has 0 unspecified atom stereocenters. The average molecular weight is 335 g/mol. The van der Waals surface area contributed by atoms with E-state index >= 15 is 0 Å². The molecule has 1 heterocycles. The Balaban J connectivity index is 1.98. The second-order valence-electron chi connectivity index (χ2n) is 4.55. The number of amides is 1. The lowest BCUT2D eigenvalue weighted by Gasteiger charge is -2.17. The van der Waals surface area contributed by atoms with E-state index in [-0.39, 0.29) is 12.5 Å². The molecule has 22 heavy (non-hydrogen) atoms. The zero-order valence-corrected chi connectivity index (χ0v) is 13.2. The van der Waals surface area contributed by atoms with E-state index in [2.05, 4.69) is 10.3 Å². The van der Waals surface area contributed by atoms with E-state index in [1.807, 2.05) is 6.07 Å². The molecule has 0 atom stereocenters. The molecular weight excluding hydrogens is 323 g/mol. The SMILES string of the molecule is CN(CC(=O)Nc1ccc(Cl)c(Cl)c1)c1ccc(C#N)cn1. The van der Waals surface area contributed by atoms with Crippen molar-refractivity contribution in [2.75, 3.05) is 23.8 Å². The lowest BCUT2D eigenvalue weighted by molar-refractivity contribution is -0.114. The van der Waals surface area contributed by atoms with Crippen molar-refractivity contribution in [3.63, 3.8) is 0 Å². The largest absolute Gasteiger partial charge is 0.350 e. The molecule has 0 fully saturated rings. The molecule has 5 nitrogen and oxygen atoms in total. The minimum absolute atomic E-state index is 0.110. The number of carbonyl (C=O) groups excluding carboxylic acids is 1. The molecule has 0 aliphatic rings. The number of likely N-dealkylation sites (N-methyl/N-ethyl adjacent to an activating group) is 1. The van der Waals surface area contributed by atoms with E-state index in [1.165, 1.54) is 6.20 Å². The number of nitrogens with one attached hydrogen (secondary N) is 1. The summed E-state index contributed by atoms with van der Waals surface area (Å²) in [6, 6.07) is 10.2. The van der Waals surface area contributed by atoms with Crippen LogP contribution < -0.4 is 10.2 Å². The molecule has 2 aromatic rings. The molecule has 0 radical (unpaired) electrons. The van der Waals surface area contributed by atoms with Crippen molar-refractivity contribution in [3.05, 3.63) is 52.1 Å². The Kier molecular flexibility index (Phi) is 5.21. The molecule has 0 saturated carbocycles. The summed E-state index contributed by atoms with van der Waals surface area (Å²) in [5.41, 5.74) is 1.04. The Morgan fingerprint density at radius 3 is 2.68 bits per heavy atom. The van der Waals surface area contributed by atoms with Gasteiger partial charge in [0.1, 0.15) is 11.9 Å². The van der Waals surface area contributed by atoms with Crippen LogP contribution in [0.4, 0.5) is 11.5 Å². The van der Waals surface area contributed by atoms with E-state index < -0.39 is 0 Å². The van der Waals surface area contributed by atoms with Crippen LogP contribution in [0.2, 0.25) is 10.0 Å². The van der Waals surface area contributed by atoms with Gasteiger partial charge in [-0.1, -0.05) is 23.2 Å². The van der Waals surface area contributed by atoms with Crippen molar-refractivity contribution in [2.45, 2.75) is 0 Å². The molecule has 112 valence electrons. The van der Waals surface area contributed by atoms with Crippen LogP contribution in [0.3, 0.4) is 0 Å². The number of rotatable bonds is 4. The smallest absolute Gasteiger partial charge is 0.243 e. The lowest BCUT2D eigenvalue weighted by atomic mass is 10.3. The quantitative estimate of drug-likeness (QED) is 0.930. The summed E-state index contributed by atoms with van der Waals surface area (Å²) >= 11 is 11.7. The van der Waals surface area contributed by atoms with Crippen LogP contribution in [0.1, 0.15) is 5.56 Å². The Bertz CT molecular complexity index is 725. The summed E-state index contributed by atoms with van der Waals surface area (Å²) < 4.78 is 0. The molecule has 0 spiro atoms. The van der Waals surface area contributed by atoms with Crippen molar-refractivity contribution in [1.82, 2.24) is 4.98 Å². The number of carbonyl (C=O) groups is 1. The van der Waals surface area contributed by atoms with Crippen LogP contribution in [0, 0.1) is 11.3 Å². The van der Waals surface area contributed by atoms with E-state index in [0.29, 0.717) is 27.1 Å². The number of nitrogens with zero attached hydrogens (tertiary/aromatic N) is 3. The third-order valence-electron chi connectivity index (χ3n) is 2.85. The predicted molar refractivity (Wildman–Crippen MR) is 87.3 cm³/mol. The standard InChI is InChI=1S/C15H12Cl2N4O/c1-21(14-5-2-10(7-18)8-19-14)9-15(22)20-11-3-4-12(16)13(17)6-11/h2-6,8H,9H2,1H3,(H,20,22). The first-order chi connectivity index (χ1) is 10.5. The Hall–Kier alpha value is -2.29. The maximum absolute atomic E-state index is 12.0. The van der Waals surface area contributed by atoms with Crippen LogP contribution in [-0.4, -0.2) is 24.5 Å². The summed E-state index contributed by atoms with van der Waals surface area (Å²) in [7, 11) is 1.74. The highest BCUT2D eigenvalue weighted by Gasteiger charge is 2.10. The third kappa shape index (κ3) is 4.10. The van der Waals surface area contributed by atoms with Crippen molar-refractivity contribution in [1.29, 1.82) is 5.26 Å². The van der Waals surface area contributed by atoms with Gasteiger partial charge in [-0.3, -0.25) is 4.79 Å². The van der Waals surface area contributed by atoms with Gasteiger partial charge in [0.15, 0.2) is 0 Å². The van der Waals surface area contributed by atoms with Gasteiger partial charge in [0.05, 0.1) is 22.2 Å². The van der Waals surface area contributed by atoms with Crippen LogP contribution in [-0.2, 0) is 4.79 Å². The molecule has 7 heteroatoms. The van der Waals surface area contributed by atoms with Crippen LogP contribution in [0.15, 0.2) is 36.5 Å². The highest BCUT2D eigenvalue weighted by molar-refractivity contribution is 6.42. The fraction of sp³-hybridized carbons (Fsp3) is 0.133. The number of pyridine rings is 1. The summed E-state index contributed by atoms with van der Waals surface area (Å²) in [6.07, 6.45) is 1.46. The third-order valence-corrected chi connectivity index (χ3v) is 3.59. The normalized spacial score (nSPS) is 9.91. The van der Waals surface area contributed by atoms with Crippen LogP contribution in [0.25, 0.3) is 0 Å². The maximum atomic E-state index is 12.0. The highest BCUT2D eigenvalue weighted by Crippen LogP contribution is 2.25. The zero-order chi connectivity index (χ0) is 16.1. The first kappa shape index (κ1) is 16.1. The first-order valence-electron chi connectivity index (χ1n) is 6.32. The fourth-order valence-corrected chi connectivity index (χ4v) is 2.05. The molecule has 1 aromatic heterocycles. The summed E-state index contributed by atoms with van der Waals surface area (Å²) in [5.74, 6) is 0.385. The number of hydrogen-bond acceptors (Lipinski definition) is 4. The number of nitriles is 1. The fourth-order valence-electron chi connectivity index (χ4n) is 1.75. The van der Waals surface area contributed by atoms with Crippen molar-refractivity contribution >= 4 is 40.6 Å². The second kappa shape index (κ2) is 7.12. The Labute approximate surface area is 138 Å². The molecule has 2 rings (SSSR count). The predicted octanol–water partition coefficient (Wildman–Crippen LogP) is 3.33. The van der Waals surface area contributed by atoms with E-state index in [1.54, 1.807) is 42.3 Å². The van der Waals surface area contributed by atoms with Gasteiger partial charge < -0.3 is 10.2 Å². The number of anilines is 2. The lowest BCUT2D eigenvalue weighted by Crippen LogP contribution is -2.30. The molecule has 0 aliphatic carbocycles. The molecule has 0 bridgehead atoms. The van der Waals surface area contributed by atoms with Gasteiger partial charge in [-0.15, -0.1) is 0 Å².